The van der Waals surface area contributed by atoms with Crippen LogP contribution in [-0.2, 0) is 0 Å². The van der Waals surface area contributed by atoms with E-state index in [-0.39, 0.29) is 5.88 Å². The molecular weight excluding hydrogens is 268 g/mol. The highest BCUT2D eigenvalue weighted by molar-refractivity contribution is 5.95. The summed E-state index contributed by atoms with van der Waals surface area (Å²) in [6.07, 6.45) is 3.84. The molecule has 1 aliphatic heterocycles. The SMILES string of the molecule is CCN1CCC(Nc2cnc(OC)c(C(N)=O)c2)CC1C. The number of carbonyl (C=O) groups excluding carboxylic acids is 1. The van der Waals surface area contributed by atoms with Crippen molar-refractivity contribution in [2.45, 2.75) is 38.8 Å². The average molecular weight is 292 g/mol. The van der Waals surface area contributed by atoms with E-state index >= 15 is 0 Å². The Bertz CT molecular complexity index is 506. The molecule has 0 spiro atoms. The number of pyridine rings is 1. The Balaban J connectivity index is 2.07. The maximum atomic E-state index is 11.4. The molecule has 1 aromatic rings. The van der Waals surface area contributed by atoms with Gasteiger partial charge >= 0.3 is 0 Å². The van der Waals surface area contributed by atoms with Gasteiger partial charge in [0.2, 0.25) is 5.88 Å². The molecule has 21 heavy (non-hydrogen) atoms. The molecule has 0 bridgehead atoms. The van der Waals surface area contributed by atoms with Gasteiger partial charge in [0.05, 0.1) is 19.0 Å². The minimum absolute atomic E-state index is 0.266. The standard InChI is InChI=1S/C15H24N4O2/c1-4-19-6-5-11(7-10(19)2)18-12-8-13(14(16)20)15(21-3)17-9-12/h8-11,18H,4-7H2,1-3H3,(H2,16,20). The maximum Gasteiger partial charge on any atom is 0.254 e. The van der Waals surface area contributed by atoms with Gasteiger partial charge in [0.25, 0.3) is 5.91 Å². The number of ether oxygens (including phenoxy) is 1. The molecular formula is C15H24N4O2. The molecule has 2 rings (SSSR count). The van der Waals surface area contributed by atoms with Gasteiger partial charge in [-0.2, -0.15) is 0 Å². The van der Waals surface area contributed by atoms with Gasteiger partial charge in [0, 0.05) is 18.6 Å². The van der Waals surface area contributed by atoms with Crippen LogP contribution < -0.4 is 15.8 Å². The number of likely N-dealkylation sites (tertiary alicyclic amines) is 1. The lowest BCUT2D eigenvalue weighted by atomic mass is 9.98. The minimum atomic E-state index is -0.530. The molecule has 2 heterocycles. The summed E-state index contributed by atoms with van der Waals surface area (Å²) in [5.41, 5.74) is 6.48. The van der Waals surface area contributed by atoms with E-state index in [1.165, 1.54) is 7.11 Å². The predicted molar refractivity (Wildman–Crippen MR) is 82.7 cm³/mol. The fourth-order valence-electron chi connectivity index (χ4n) is 2.93. The van der Waals surface area contributed by atoms with Crippen molar-refractivity contribution in [2.24, 2.45) is 5.73 Å². The number of nitrogens with one attached hydrogen (secondary N) is 1. The number of piperidine rings is 1. The zero-order valence-electron chi connectivity index (χ0n) is 12.9. The second-order valence-corrected chi connectivity index (χ2v) is 5.49. The quantitative estimate of drug-likeness (QED) is 0.859. The van der Waals surface area contributed by atoms with Crippen LogP contribution in [0.1, 0.15) is 37.0 Å². The second-order valence-electron chi connectivity index (χ2n) is 5.49. The van der Waals surface area contributed by atoms with E-state index in [9.17, 15) is 4.79 Å². The van der Waals surface area contributed by atoms with Gasteiger partial charge in [0.1, 0.15) is 5.56 Å². The first-order chi connectivity index (χ1) is 10.0. The summed E-state index contributed by atoms with van der Waals surface area (Å²) in [7, 11) is 1.48. The van der Waals surface area contributed by atoms with Crippen LogP contribution in [0.3, 0.4) is 0 Å². The van der Waals surface area contributed by atoms with Gasteiger partial charge in [-0.05, 0) is 32.4 Å². The molecule has 3 N–H and O–H groups in total. The highest BCUT2D eigenvalue weighted by Gasteiger charge is 2.24. The van der Waals surface area contributed by atoms with E-state index in [1.54, 1.807) is 12.3 Å². The number of hydrogen-bond acceptors (Lipinski definition) is 5. The number of nitrogens with two attached hydrogens (primary N) is 1. The number of anilines is 1. The summed E-state index contributed by atoms with van der Waals surface area (Å²) in [4.78, 5) is 18.0. The summed E-state index contributed by atoms with van der Waals surface area (Å²) in [6, 6.07) is 2.66. The van der Waals surface area contributed by atoms with Crippen LogP contribution in [0.25, 0.3) is 0 Å². The third-order valence-corrected chi connectivity index (χ3v) is 4.10. The van der Waals surface area contributed by atoms with E-state index in [4.69, 9.17) is 10.5 Å². The molecule has 6 heteroatoms. The first-order valence-electron chi connectivity index (χ1n) is 7.39. The minimum Gasteiger partial charge on any atom is -0.480 e. The highest BCUT2D eigenvalue weighted by atomic mass is 16.5. The predicted octanol–water partition coefficient (Wildman–Crippen LogP) is 1.47. The summed E-state index contributed by atoms with van der Waals surface area (Å²) in [6.45, 7) is 6.61. The zero-order valence-corrected chi connectivity index (χ0v) is 12.9. The Kier molecular flexibility index (Phi) is 5.01. The molecule has 1 aromatic heterocycles. The third-order valence-electron chi connectivity index (χ3n) is 4.10. The van der Waals surface area contributed by atoms with Gasteiger partial charge in [-0.15, -0.1) is 0 Å². The molecule has 0 aromatic carbocycles. The fourth-order valence-corrected chi connectivity index (χ4v) is 2.93. The lowest BCUT2D eigenvalue weighted by Gasteiger charge is -2.37. The van der Waals surface area contributed by atoms with Crippen molar-refractivity contribution in [1.29, 1.82) is 0 Å². The lowest BCUT2D eigenvalue weighted by Crippen LogP contribution is -2.44. The van der Waals surface area contributed by atoms with Gasteiger partial charge in [0.15, 0.2) is 0 Å². The Morgan fingerprint density at radius 2 is 2.38 bits per heavy atom. The first-order valence-corrected chi connectivity index (χ1v) is 7.39. The number of hydrogen-bond donors (Lipinski definition) is 2. The molecule has 1 amide bonds. The number of primary amides is 1. The number of carbonyl (C=O) groups is 1. The van der Waals surface area contributed by atoms with Gasteiger partial charge < -0.3 is 20.7 Å². The van der Waals surface area contributed by atoms with Gasteiger partial charge in [-0.3, -0.25) is 4.79 Å². The largest absolute Gasteiger partial charge is 0.480 e. The van der Waals surface area contributed by atoms with Crippen molar-refractivity contribution < 1.29 is 9.53 Å². The zero-order chi connectivity index (χ0) is 15.4. The Morgan fingerprint density at radius 1 is 1.62 bits per heavy atom. The molecule has 0 saturated carbocycles. The van der Waals surface area contributed by atoms with Crippen molar-refractivity contribution in [3.8, 4) is 5.88 Å². The molecule has 0 aliphatic carbocycles. The summed E-state index contributed by atoms with van der Waals surface area (Å²) >= 11 is 0. The molecule has 1 fully saturated rings. The number of methoxy groups -OCH3 is 1. The van der Waals surface area contributed by atoms with Crippen LogP contribution in [0.5, 0.6) is 5.88 Å². The van der Waals surface area contributed by atoms with Crippen molar-refractivity contribution in [2.75, 3.05) is 25.5 Å². The molecule has 0 radical (unpaired) electrons. The normalized spacial score (nSPS) is 22.8. The average Bonchev–Trinajstić information content (AvgIpc) is 2.47. The van der Waals surface area contributed by atoms with E-state index < -0.39 is 5.91 Å². The van der Waals surface area contributed by atoms with E-state index in [1.807, 2.05) is 0 Å². The number of aromatic nitrogens is 1. The van der Waals surface area contributed by atoms with Crippen molar-refractivity contribution in [1.82, 2.24) is 9.88 Å². The maximum absolute atomic E-state index is 11.4. The summed E-state index contributed by atoms with van der Waals surface area (Å²) in [5, 5.41) is 3.45. The second kappa shape index (κ2) is 6.76. The molecule has 6 nitrogen and oxygen atoms in total. The van der Waals surface area contributed by atoms with Gasteiger partial charge in [-0.25, -0.2) is 4.98 Å². The molecule has 116 valence electrons. The van der Waals surface area contributed by atoms with E-state index in [0.717, 1.165) is 31.6 Å². The number of amides is 1. The molecule has 2 atom stereocenters. The van der Waals surface area contributed by atoms with Crippen LogP contribution in [0.15, 0.2) is 12.3 Å². The summed E-state index contributed by atoms with van der Waals surface area (Å²) < 4.78 is 5.05. The molecule has 1 aliphatic rings. The smallest absolute Gasteiger partial charge is 0.254 e. The van der Waals surface area contributed by atoms with Crippen LogP contribution >= 0.6 is 0 Å². The highest BCUT2D eigenvalue weighted by Crippen LogP contribution is 2.23. The van der Waals surface area contributed by atoms with Crippen LogP contribution in [-0.4, -0.2) is 48.1 Å². The first kappa shape index (κ1) is 15.6. The van der Waals surface area contributed by atoms with Crippen LogP contribution in [0.2, 0.25) is 0 Å². The van der Waals surface area contributed by atoms with E-state index in [0.29, 0.717) is 17.6 Å². The molecule has 2 unspecified atom stereocenters. The van der Waals surface area contributed by atoms with E-state index in [2.05, 4.69) is 29.0 Å². The summed E-state index contributed by atoms with van der Waals surface area (Å²) in [5.74, 6) is -0.264. The Hall–Kier alpha value is -1.82. The number of nitrogens with zero attached hydrogens (tertiary/aromatic N) is 2. The Morgan fingerprint density at radius 3 is 2.95 bits per heavy atom. The monoisotopic (exact) mass is 292 g/mol. The van der Waals surface area contributed by atoms with Crippen LogP contribution in [0.4, 0.5) is 5.69 Å². The Labute approximate surface area is 125 Å². The third kappa shape index (κ3) is 3.64. The lowest BCUT2D eigenvalue weighted by molar-refractivity contribution is 0.0996. The van der Waals surface area contributed by atoms with Crippen molar-refractivity contribution in [3.63, 3.8) is 0 Å². The van der Waals surface area contributed by atoms with Crippen molar-refractivity contribution >= 4 is 11.6 Å². The fraction of sp³-hybridized carbons (Fsp3) is 0.600. The topological polar surface area (TPSA) is 80.5 Å². The van der Waals surface area contributed by atoms with Gasteiger partial charge in [-0.1, -0.05) is 6.92 Å². The van der Waals surface area contributed by atoms with Crippen molar-refractivity contribution in [3.05, 3.63) is 17.8 Å². The number of rotatable bonds is 5. The molecule has 1 saturated heterocycles. The van der Waals surface area contributed by atoms with Crippen LogP contribution in [0, 0.1) is 0 Å².